The van der Waals surface area contributed by atoms with Gasteiger partial charge in [-0.3, -0.25) is 0 Å². The van der Waals surface area contributed by atoms with E-state index in [1.165, 1.54) is 0 Å². The number of nitrogens with one attached hydrogen (secondary N) is 4. The number of aromatic amines is 2. The third-order valence-electron chi connectivity index (χ3n) is 11.1. The lowest BCUT2D eigenvalue weighted by molar-refractivity contribution is 0.0507. The number of nitrogens with zero attached hydrogens (tertiary/aromatic N) is 4. The molecule has 4 N–H and O–H groups in total. The molecule has 4 heterocycles. The van der Waals surface area contributed by atoms with E-state index in [0.29, 0.717) is 23.7 Å². The summed E-state index contributed by atoms with van der Waals surface area (Å²) in [5.74, 6) is 3.51. The molecule has 0 radical (unpaired) electrons. The summed E-state index contributed by atoms with van der Waals surface area (Å²) in [5.41, 5.74) is 8.15. The molecule has 12 nitrogen and oxygen atoms in total. The molecule has 0 bridgehead atoms. The molecule has 4 aromatic heterocycles. The second-order valence-electron chi connectivity index (χ2n) is 17.7. The van der Waals surface area contributed by atoms with Crippen molar-refractivity contribution in [2.24, 2.45) is 23.7 Å². The molecule has 2 aliphatic carbocycles. The van der Waals surface area contributed by atoms with Gasteiger partial charge in [-0.1, -0.05) is 26.0 Å². The van der Waals surface area contributed by atoms with Gasteiger partial charge in [-0.05, 0) is 127 Å². The van der Waals surface area contributed by atoms with E-state index < -0.39 is 11.2 Å². The molecule has 56 heavy (non-hydrogen) atoms. The number of aryl methyl sites for hydroxylation is 2. The third-order valence-corrected chi connectivity index (χ3v) is 11.1. The number of pyridine rings is 2. The number of rotatable bonds is 10. The van der Waals surface area contributed by atoms with Crippen LogP contribution in [0.3, 0.4) is 0 Å². The van der Waals surface area contributed by atoms with Crippen molar-refractivity contribution in [3.8, 4) is 22.5 Å². The molecule has 6 unspecified atom stereocenters. The van der Waals surface area contributed by atoms with E-state index in [2.05, 4.69) is 58.7 Å². The highest BCUT2D eigenvalue weighted by molar-refractivity contribution is 5.86. The summed E-state index contributed by atoms with van der Waals surface area (Å²) in [6, 6.07) is 20.8. The zero-order chi connectivity index (χ0) is 39.5. The normalized spacial score (nSPS) is 22.0. The lowest BCUT2D eigenvalue weighted by atomic mass is 10.1. The Kier molecular flexibility index (Phi) is 9.49. The number of hydrogen-bond donors (Lipinski definition) is 4. The van der Waals surface area contributed by atoms with Crippen LogP contribution in [0.1, 0.15) is 79.9 Å². The lowest BCUT2D eigenvalue weighted by Gasteiger charge is -2.19. The van der Waals surface area contributed by atoms with E-state index in [-0.39, 0.29) is 24.3 Å². The molecule has 6 atom stereocenters. The predicted octanol–water partition coefficient (Wildman–Crippen LogP) is 8.90. The number of aromatic nitrogens is 6. The lowest BCUT2D eigenvalue weighted by Crippen LogP contribution is -2.34. The van der Waals surface area contributed by atoms with Gasteiger partial charge in [0.2, 0.25) is 0 Å². The first kappa shape index (κ1) is 37.4. The number of fused-ring (bicyclic) bond motifs is 3. The van der Waals surface area contributed by atoms with Crippen LogP contribution in [-0.4, -0.2) is 65.4 Å². The van der Waals surface area contributed by atoms with Crippen molar-refractivity contribution in [2.75, 3.05) is 0 Å². The Balaban J connectivity index is 0.887. The Morgan fingerprint density at radius 3 is 1.38 bits per heavy atom. The average Bonchev–Trinajstić information content (AvgIpc) is 3.71. The fourth-order valence-corrected chi connectivity index (χ4v) is 7.96. The summed E-state index contributed by atoms with van der Waals surface area (Å²) in [7, 11) is 0. The highest BCUT2D eigenvalue weighted by Gasteiger charge is 2.48. The summed E-state index contributed by atoms with van der Waals surface area (Å²) in [6.45, 7) is 15.6. The molecule has 6 aromatic rings. The smallest absolute Gasteiger partial charge is 0.407 e. The number of hydrogen-bond acceptors (Lipinski definition) is 8. The van der Waals surface area contributed by atoms with Crippen LogP contribution in [0.4, 0.5) is 9.59 Å². The molecule has 0 spiro atoms. The summed E-state index contributed by atoms with van der Waals surface area (Å²) in [6.07, 6.45) is 2.78. The largest absolute Gasteiger partial charge is 0.444 e. The molecule has 0 saturated heterocycles. The maximum atomic E-state index is 12.2. The van der Waals surface area contributed by atoms with Gasteiger partial charge in [0.05, 0.1) is 44.5 Å². The summed E-state index contributed by atoms with van der Waals surface area (Å²) >= 11 is 0. The van der Waals surface area contributed by atoms with Crippen LogP contribution >= 0.6 is 0 Å². The molecular formula is C44H52N8O4. The Morgan fingerprint density at radius 1 is 0.589 bits per heavy atom. The summed E-state index contributed by atoms with van der Waals surface area (Å²) in [5, 5.41) is 6.06. The van der Waals surface area contributed by atoms with Gasteiger partial charge in [0, 0.05) is 36.1 Å². The number of carbonyl (C=O) groups is 2. The Labute approximate surface area is 327 Å². The second kappa shape index (κ2) is 14.2. The van der Waals surface area contributed by atoms with Crippen LogP contribution in [0, 0.1) is 23.7 Å². The summed E-state index contributed by atoms with van der Waals surface area (Å²) in [4.78, 5) is 51.1. The Bertz CT molecular complexity index is 2270. The summed E-state index contributed by atoms with van der Waals surface area (Å²) < 4.78 is 10.9. The van der Waals surface area contributed by atoms with Crippen LogP contribution in [-0.2, 0) is 22.3 Å². The van der Waals surface area contributed by atoms with E-state index in [4.69, 9.17) is 29.4 Å². The molecule has 292 valence electrons. The van der Waals surface area contributed by atoms with Crippen molar-refractivity contribution in [2.45, 2.75) is 104 Å². The van der Waals surface area contributed by atoms with Crippen molar-refractivity contribution in [3.05, 3.63) is 72.3 Å². The van der Waals surface area contributed by atoms with E-state index in [1.807, 2.05) is 77.9 Å². The molecule has 2 aliphatic rings. The number of carbonyl (C=O) groups excluding carboxylic acids is 2. The number of H-pyrrole nitrogens is 2. The van der Waals surface area contributed by atoms with E-state index in [1.54, 1.807) is 0 Å². The van der Waals surface area contributed by atoms with E-state index >= 15 is 0 Å². The molecule has 2 amide bonds. The van der Waals surface area contributed by atoms with Gasteiger partial charge in [-0.2, -0.15) is 0 Å². The van der Waals surface area contributed by atoms with Crippen molar-refractivity contribution in [1.29, 1.82) is 0 Å². The molecule has 12 heteroatoms. The Hall–Kier alpha value is -5.52. The number of ether oxygens (including phenoxy) is 2. The van der Waals surface area contributed by atoms with Crippen LogP contribution in [0.15, 0.2) is 60.7 Å². The van der Waals surface area contributed by atoms with Crippen molar-refractivity contribution in [3.63, 3.8) is 0 Å². The molecule has 2 fully saturated rings. The number of amides is 2. The number of benzene rings is 2. The zero-order valence-corrected chi connectivity index (χ0v) is 33.5. The average molecular weight is 757 g/mol. The Morgan fingerprint density at radius 2 is 0.982 bits per heavy atom. The predicted molar refractivity (Wildman–Crippen MR) is 218 cm³/mol. The molecule has 0 aliphatic heterocycles. The van der Waals surface area contributed by atoms with Crippen molar-refractivity contribution in [1.82, 2.24) is 40.5 Å². The van der Waals surface area contributed by atoms with Gasteiger partial charge in [0.25, 0.3) is 0 Å². The number of imidazole rings is 2. The highest BCUT2D eigenvalue weighted by Crippen LogP contribution is 2.43. The van der Waals surface area contributed by atoms with Gasteiger partial charge in [0.15, 0.2) is 0 Å². The molecule has 2 aromatic carbocycles. The maximum Gasteiger partial charge on any atom is 0.407 e. The van der Waals surface area contributed by atoms with Crippen molar-refractivity contribution < 1.29 is 19.1 Å². The standard InChI is InChI=1S/C44H52N8O4/c1-23-27(39(23)51-41(53)55-43(3,4)5)11-19-37-47-33-13-9-25(21-35(33)49-37)29-15-17-32-31(45-29)18-16-30(46-32)26-10-14-34-36(22-26)50-38(48-34)20-12-28-24(2)40(28)52-42(54)56-44(6,7)8/h9-10,13-18,21-24,27-28,39-40H,11-12,19-20H2,1-8H3,(H,47,49)(H,48,50)(H,51,53)(H,52,54). The molecular weight excluding hydrogens is 705 g/mol. The fraction of sp³-hybridized carbons (Fsp3) is 0.455. The van der Waals surface area contributed by atoms with Crippen LogP contribution in [0.25, 0.3) is 55.6 Å². The zero-order valence-electron chi connectivity index (χ0n) is 33.5. The topological polar surface area (TPSA) is 160 Å². The van der Waals surface area contributed by atoms with Crippen LogP contribution in [0.5, 0.6) is 0 Å². The monoisotopic (exact) mass is 756 g/mol. The fourth-order valence-electron chi connectivity index (χ4n) is 7.96. The van der Waals surface area contributed by atoms with Gasteiger partial charge < -0.3 is 30.1 Å². The van der Waals surface area contributed by atoms with Gasteiger partial charge in [-0.15, -0.1) is 0 Å². The minimum atomic E-state index is -0.509. The van der Waals surface area contributed by atoms with E-state index in [0.717, 1.165) is 92.9 Å². The minimum Gasteiger partial charge on any atom is -0.444 e. The first-order valence-electron chi connectivity index (χ1n) is 19.8. The minimum absolute atomic E-state index is 0.137. The SMILES string of the molecule is CC1C(CCc2nc3ccc(-c4ccc5nc(-c6ccc7nc(CCC8C(C)C8NC(=O)OC(C)(C)C)[nH]c7c6)ccc5n4)cc3[nH]2)C1NC(=O)OC(C)(C)C. The van der Waals surface area contributed by atoms with Gasteiger partial charge in [-0.25, -0.2) is 29.5 Å². The van der Waals surface area contributed by atoms with Gasteiger partial charge in [0.1, 0.15) is 22.9 Å². The van der Waals surface area contributed by atoms with E-state index in [9.17, 15) is 9.59 Å². The van der Waals surface area contributed by atoms with Crippen LogP contribution in [0.2, 0.25) is 0 Å². The number of alkyl carbamates (subject to hydrolysis) is 2. The first-order chi connectivity index (χ1) is 26.6. The van der Waals surface area contributed by atoms with Gasteiger partial charge >= 0.3 is 12.2 Å². The third kappa shape index (κ3) is 8.34. The van der Waals surface area contributed by atoms with Crippen LogP contribution < -0.4 is 10.6 Å². The molecule has 2 saturated carbocycles. The first-order valence-corrected chi connectivity index (χ1v) is 19.8. The maximum absolute atomic E-state index is 12.2. The quantitative estimate of drug-likeness (QED) is 0.108. The molecule has 8 rings (SSSR count). The highest BCUT2D eigenvalue weighted by atomic mass is 16.6. The van der Waals surface area contributed by atoms with Crippen molar-refractivity contribution >= 4 is 45.3 Å². The second-order valence-corrected chi connectivity index (χ2v) is 17.7.